The molecule has 2 aromatic rings. The van der Waals surface area contributed by atoms with Crippen LogP contribution in [0.2, 0.25) is 0 Å². The van der Waals surface area contributed by atoms with E-state index in [1.54, 1.807) is 16.4 Å². The Morgan fingerprint density at radius 3 is 2.35 bits per heavy atom. The van der Waals surface area contributed by atoms with E-state index in [1.807, 2.05) is 51.1 Å². The maximum absolute atomic E-state index is 12.8. The predicted octanol–water partition coefficient (Wildman–Crippen LogP) is 3.51. The van der Waals surface area contributed by atoms with Crippen LogP contribution in [0.15, 0.2) is 47.4 Å². The normalized spacial score (nSPS) is 12.4. The molecule has 0 N–H and O–H groups in total. The smallest absolute Gasteiger partial charge is 0.207 e. The second kappa shape index (κ2) is 5.94. The van der Waals surface area contributed by atoms with Crippen LogP contribution >= 0.6 is 0 Å². The lowest BCUT2D eigenvalue weighted by Crippen LogP contribution is -2.34. The highest BCUT2D eigenvalue weighted by atomic mass is 32.2. The van der Waals surface area contributed by atoms with Crippen LogP contribution in [0.4, 0.5) is 0 Å². The van der Waals surface area contributed by atoms with Crippen LogP contribution in [0.5, 0.6) is 0 Å². The lowest BCUT2D eigenvalue weighted by molar-refractivity contribution is 0.381. The van der Waals surface area contributed by atoms with E-state index in [0.717, 1.165) is 10.8 Å². The number of hydrogen-bond donors (Lipinski definition) is 0. The lowest BCUT2D eigenvalue weighted by Gasteiger charge is -2.23. The van der Waals surface area contributed by atoms with Gasteiger partial charge < -0.3 is 0 Å². The van der Waals surface area contributed by atoms with E-state index in [0.29, 0.717) is 23.9 Å². The SMILES string of the molecule is CCN(CC(C)C)S(=O)(=O)c1cccc2ccccc12. The molecule has 0 spiro atoms. The molecule has 0 saturated carbocycles. The van der Waals surface area contributed by atoms with Gasteiger partial charge in [-0.1, -0.05) is 57.2 Å². The maximum atomic E-state index is 12.8. The Labute approximate surface area is 121 Å². The second-order valence-corrected chi connectivity index (χ2v) is 7.23. The fraction of sp³-hybridized carbons (Fsp3) is 0.375. The van der Waals surface area contributed by atoms with E-state index in [4.69, 9.17) is 0 Å². The van der Waals surface area contributed by atoms with Gasteiger partial charge in [-0.2, -0.15) is 4.31 Å². The zero-order valence-electron chi connectivity index (χ0n) is 12.2. The van der Waals surface area contributed by atoms with E-state index in [2.05, 4.69) is 0 Å². The molecule has 3 nitrogen and oxygen atoms in total. The molecular weight excluding hydrogens is 270 g/mol. The molecule has 2 rings (SSSR count). The van der Waals surface area contributed by atoms with Crippen LogP contribution in [0, 0.1) is 5.92 Å². The molecule has 0 radical (unpaired) electrons. The summed E-state index contributed by atoms with van der Waals surface area (Å²) >= 11 is 0. The van der Waals surface area contributed by atoms with Gasteiger partial charge in [0.05, 0.1) is 4.90 Å². The number of benzene rings is 2. The van der Waals surface area contributed by atoms with Gasteiger partial charge in [0.1, 0.15) is 0 Å². The van der Waals surface area contributed by atoms with E-state index in [-0.39, 0.29) is 0 Å². The molecule has 0 aromatic heterocycles. The molecule has 4 heteroatoms. The van der Waals surface area contributed by atoms with E-state index >= 15 is 0 Å². The first-order valence-electron chi connectivity index (χ1n) is 6.94. The van der Waals surface area contributed by atoms with Crippen molar-refractivity contribution in [2.24, 2.45) is 5.92 Å². The van der Waals surface area contributed by atoms with E-state index < -0.39 is 10.0 Å². The zero-order chi connectivity index (χ0) is 14.8. The molecular formula is C16H21NO2S. The van der Waals surface area contributed by atoms with Crippen molar-refractivity contribution in [2.45, 2.75) is 25.7 Å². The summed E-state index contributed by atoms with van der Waals surface area (Å²) in [6.07, 6.45) is 0. The van der Waals surface area contributed by atoms with E-state index in [9.17, 15) is 8.42 Å². The number of rotatable bonds is 5. The largest absolute Gasteiger partial charge is 0.243 e. The van der Waals surface area contributed by atoms with Gasteiger partial charge in [-0.05, 0) is 17.4 Å². The highest BCUT2D eigenvalue weighted by Crippen LogP contribution is 2.26. The van der Waals surface area contributed by atoms with Gasteiger partial charge >= 0.3 is 0 Å². The Hall–Kier alpha value is -1.39. The van der Waals surface area contributed by atoms with Crippen molar-refractivity contribution < 1.29 is 8.42 Å². The molecule has 20 heavy (non-hydrogen) atoms. The van der Waals surface area contributed by atoms with Crippen LogP contribution in [0.1, 0.15) is 20.8 Å². The lowest BCUT2D eigenvalue weighted by atomic mass is 10.1. The summed E-state index contributed by atoms with van der Waals surface area (Å²) in [6.45, 7) is 6.97. The fourth-order valence-corrected chi connectivity index (χ4v) is 4.19. The minimum absolute atomic E-state index is 0.305. The van der Waals surface area contributed by atoms with Gasteiger partial charge in [-0.3, -0.25) is 0 Å². The van der Waals surface area contributed by atoms with Crippen molar-refractivity contribution in [2.75, 3.05) is 13.1 Å². The molecule has 0 atom stereocenters. The highest BCUT2D eigenvalue weighted by Gasteiger charge is 2.25. The summed E-state index contributed by atoms with van der Waals surface area (Å²) in [6, 6.07) is 13.0. The Kier molecular flexibility index (Phi) is 4.45. The topological polar surface area (TPSA) is 37.4 Å². The summed E-state index contributed by atoms with van der Waals surface area (Å²) in [7, 11) is -3.44. The number of sulfonamides is 1. The molecule has 0 saturated heterocycles. The third kappa shape index (κ3) is 2.86. The highest BCUT2D eigenvalue weighted by molar-refractivity contribution is 7.89. The fourth-order valence-electron chi connectivity index (χ4n) is 2.36. The molecule has 0 aliphatic rings. The van der Waals surface area contributed by atoms with Crippen LogP contribution < -0.4 is 0 Å². The Morgan fingerprint density at radius 2 is 1.70 bits per heavy atom. The number of hydrogen-bond acceptors (Lipinski definition) is 2. The van der Waals surface area contributed by atoms with Crippen LogP contribution in [0.25, 0.3) is 10.8 Å². The molecule has 0 aliphatic carbocycles. The molecule has 0 heterocycles. The van der Waals surface area contributed by atoms with Crippen molar-refractivity contribution in [3.05, 3.63) is 42.5 Å². The van der Waals surface area contributed by atoms with Gasteiger partial charge in [-0.15, -0.1) is 0 Å². The van der Waals surface area contributed by atoms with Crippen molar-refractivity contribution in [1.29, 1.82) is 0 Å². The third-order valence-corrected chi connectivity index (χ3v) is 5.29. The van der Waals surface area contributed by atoms with Crippen molar-refractivity contribution in [3.8, 4) is 0 Å². The molecule has 0 bridgehead atoms. The quantitative estimate of drug-likeness (QED) is 0.845. The van der Waals surface area contributed by atoms with Gasteiger partial charge in [-0.25, -0.2) is 8.42 Å². The molecule has 0 fully saturated rings. The van der Waals surface area contributed by atoms with Crippen molar-refractivity contribution in [1.82, 2.24) is 4.31 Å². The number of nitrogens with zero attached hydrogens (tertiary/aromatic N) is 1. The third-order valence-electron chi connectivity index (χ3n) is 3.29. The summed E-state index contributed by atoms with van der Waals surface area (Å²) in [5, 5.41) is 1.74. The summed E-state index contributed by atoms with van der Waals surface area (Å²) in [4.78, 5) is 0.401. The minimum Gasteiger partial charge on any atom is -0.207 e. The summed E-state index contributed by atoms with van der Waals surface area (Å²) in [5.41, 5.74) is 0. The van der Waals surface area contributed by atoms with Crippen molar-refractivity contribution in [3.63, 3.8) is 0 Å². The van der Waals surface area contributed by atoms with Gasteiger partial charge in [0.25, 0.3) is 0 Å². The Balaban J connectivity index is 2.56. The van der Waals surface area contributed by atoms with E-state index in [1.165, 1.54) is 0 Å². The molecule has 108 valence electrons. The first kappa shape index (κ1) is 15.0. The summed E-state index contributed by atoms with van der Waals surface area (Å²) < 4.78 is 27.2. The first-order chi connectivity index (χ1) is 9.46. The monoisotopic (exact) mass is 291 g/mol. The predicted molar refractivity (Wildman–Crippen MR) is 83.2 cm³/mol. The second-order valence-electron chi connectivity index (χ2n) is 5.33. The van der Waals surface area contributed by atoms with Crippen LogP contribution in [0.3, 0.4) is 0 Å². The standard InChI is InChI=1S/C16H21NO2S/c1-4-17(12-13(2)3)20(18,19)16-11-7-9-14-8-5-6-10-15(14)16/h5-11,13H,4,12H2,1-3H3. The molecule has 0 amide bonds. The molecule has 0 aliphatic heterocycles. The molecule has 2 aromatic carbocycles. The Bertz CT molecular complexity index is 687. The maximum Gasteiger partial charge on any atom is 0.243 e. The minimum atomic E-state index is -3.44. The average molecular weight is 291 g/mol. The first-order valence-corrected chi connectivity index (χ1v) is 8.38. The zero-order valence-corrected chi connectivity index (χ0v) is 13.0. The number of fused-ring (bicyclic) bond motifs is 1. The van der Waals surface area contributed by atoms with Gasteiger partial charge in [0, 0.05) is 18.5 Å². The van der Waals surface area contributed by atoms with Gasteiger partial charge in [0.15, 0.2) is 0 Å². The van der Waals surface area contributed by atoms with Crippen LogP contribution in [-0.4, -0.2) is 25.8 Å². The van der Waals surface area contributed by atoms with Crippen LogP contribution in [-0.2, 0) is 10.0 Å². The average Bonchev–Trinajstić information content (AvgIpc) is 2.43. The summed E-state index contributed by atoms with van der Waals surface area (Å²) in [5.74, 6) is 0.305. The molecule has 0 unspecified atom stereocenters. The van der Waals surface area contributed by atoms with Gasteiger partial charge in [0.2, 0.25) is 10.0 Å². The Morgan fingerprint density at radius 1 is 1.05 bits per heavy atom. The van der Waals surface area contributed by atoms with Crippen molar-refractivity contribution >= 4 is 20.8 Å².